The number of anilines is 1. The van der Waals surface area contributed by atoms with Crippen LogP contribution in [0.15, 0.2) is 64.1 Å². The van der Waals surface area contributed by atoms with Gasteiger partial charge in [-0.05, 0) is 57.4 Å². The van der Waals surface area contributed by atoms with E-state index in [9.17, 15) is 0 Å². The van der Waals surface area contributed by atoms with Gasteiger partial charge in [0, 0.05) is 42.9 Å². The molecule has 1 aromatic rings. The first-order valence-corrected chi connectivity index (χ1v) is 11.4. The highest BCUT2D eigenvalue weighted by atomic mass is 32.1. The van der Waals surface area contributed by atoms with E-state index in [4.69, 9.17) is 0 Å². The second kappa shape index (κ2) is 12.2. The molecule has 3 heterocycles. The average Bonchev–Trinajstić information content (AvgIpc) is 3.26. The van der Waals surface area contributed by atoms with Gasteiger partial charge in [0.05, 0.1) is 11.4 Å². The third-order valence-electron chi connectivity index (χ3n) is 4.92. The highest BCUT2D eigenvalue weighted by Gasteiger charge is 2.22. The Bertz CT molecular complexity index is 853. The third kappa shape index (κ3) is 5.77. The van der Waals surface area contributed by atoms with Crippen LogP contribution in [0.25, 0.3) is 0 Å². The van der Waals surface area contributed by atoms with Crippen molar-refractivity contribution in [1.82, 2.24) is 14.6 Å². The number of amidine groups is 1. The molecule has 0 bridgehead atoms. The van der Waals surface area contributed by atoms with Crippen molar-refractivity contribution in [3.05, 3.63) is 59.9 Å². The number of piperidine rings is 1. The second-order valence-corrected chi connectivity index (χ2v) is 7.47. The molecule has 2 aliphatic heterocycles. The first-order valence-electron chi connectivity index (χ1n) is 10.6. The zero-order valence-electron chi connectivity index (χ0n) is 18.8. The Morgan fingerprint density at radius 3 is 2.67 bits per heavy atom. The van der Waals surface area contributed by atoms with Gasteiger partial charge in [0.1, 0.15) is 5.00 Å². The molecule has 3 rings (SSSR count). The number of nitrogens with one attached hydrogen (secondary N) is 2. The molecule has 0 unspecified atom stereocenters. The fourth-order valence-electron chi connectivity index (χ4n) is 3.43. The molecule has 0 radical (unpaired) electrons. The van der Waals surface area contributed by atoms with Crippen molar-refractivity contribution in [3.63, 3.8) is 0 Å². The normalized spacial score (nSPS) is 18.4. The predicted molar refractivity (Wildman–Crippen MR) is 131 cm³/mol. The SMILES string of the molecule is C=C1C(Nc2cc(C3CCNCC3)ns2)=NC=CN1C(=C\C)/C(C=NC)=C/C.CC. The minimum absolute atomic E-state index is 0.543. The Balaban J connectivity index is 0.00000155. The number of nitrogens with zero attached hydrogens (tertiary/aromatic N) is 4. The van der Waals surface area contributed by atoms with Crippen LogP contribution in [0.5, 0.6) is 0 Å². The Morgan fingerprint density at radius 1 is 1.30 bits per heavy atom. The lowest BCUT2D eigenvalue weighted by atomic mass is 9.95. The first kappa shape index (κ1) is 23.8. The fraction of sp³-hybridized carbons (Fsp3) is 0.435. The van der Waals surface area contributed by atoms with Gasteiger partial charge in [-0.1, -0.05) is 32.6 Å². The number of allylic oxidation sites excluding steroid dienone is 3. The van der Waals surface area contributed by atoms with Gasteiger partial charge >= 0.3 is 0 Å². The van der Waals surface area contributed by atoms with Gasteiger partial charge in [-0.25, -0.2) is 4.99 Å². The first-order chi connectivity index (χ1) is 14.7. The summed E-state index contributed by atoms with van der Waals surface area (Å²) in [5.41, 5.74) is 4.01. The summed E-state index contributed by atoms with van der Waals surface area (Å²) in [4.78, 5) is 10.7. The van der Waals surface area contributed by atoms with Gasteiger partial charge in [-0.2, -0.15) is 4.37 Å². The minimum atomic E-state index is 0.543. The summed E-state index contributed by atoms with van der Waals surface area (Å²) in [6, 6.07) is 2.15. The molecule has 1 saturated heterocycles. The topological polar surface area (TPSA) is 64.9 Å². The summed E-state index contributed by atoms with van der Waals surface area (Å²) in [6.07, 6.45) is 11.9. The average molecular weight is 427 g/mol. The number of aliphatic imine (C=N–C) groups is 2. The van der Waals surface area contributed by atoms with E-state index in [2.05, 4.69) is 43.7 Å². The van der Waals surface area contributed by atoms with Gasteiger partial charge in [-0.3, -0.25) is 4.99 Å². The molecule has 0 spiro atoms. The van der Waals surface area contributed by atoms with Crippen LogP contribution in [-0.2, 0) is 0 Å². The monoisotopic (exact) mass is 426 g/mol. The number of hydrogen-bond donors (Lipinski definition) is 2. The lowest BCUT2D eigenvalue weighted by Crippen LogP contribution is -2.29. The van der Waals surface area contributed by atoms with Crippen molar-refractivity contribution in [1.29, 1.82) is 0 Å². The van der Waals surface area contributed by atoms with Gasteiger partial charge in [0.2, 0.25) is 0 Å². The highest BCUT2D eigenvalue weighted by molar-refractivity contribution is 7.10. The van der Waals surface area contributed by atoms with Crippen LogP contribution in [0.3, 0.4) is 0 Å². The number of hydrogen-bond acceptors (Lipinski definition) is 7. The van der Waals surface area contributed by atoms with Crippen molar-refractivity contribution in [2.24, 2.45) is 9.98 Å². The van der Waals surface area contributed by atoms with E-state index in [1.54, 1.807) is 13.2 Å². The van der Waals surface area contributed by atoms with Gasteiger partial charge in [0.15, 0.2) is 5.84 Å². The molecule has 2 N–H and O–H groups in total. The molecule has 0 atom stereocenters. The van der Waals surface area contributed by atoms with Crippen LogP contribution < -0.4 is 10.6 Å². The lowest BCUT2D eigenvalue weighted by Gasteiger charge is -2.29. The molecule has 2 aliphatic rings. The molecular weight excluding hydrogens is 392 g/mol. The van der Waals surface area contributed by atoms with Crippen LogP contribution in [0.4, 0.5) is 5.00 Å². The number of rotatable bonds is 5. The van der Waals surface area contributed by atoms with E-state index in [1.165, 1.54) is 17.2 Å². The summed E-state index contributed by atoms with van der Waals surface area (Å²) in [5, 5.41) is 7.80. The van der Waals surface area contributed by atoms with Crippen LogP contribution >= 0.6 is 11.5 Å². The minimum Gasteiger partial charge on any atom is -0.329 e. The summed E-state index contributed by atoms with van der Waals surface area (Å²) < 4.78 is 4.66. The predicted octanol–water partition coefficient (Wildman–Crippen LogP) is 5.30. The van der Waals surface area contributed by atoms with Crippen LogP contribution in [0.1, 0.15) is 52.1 Å². The zero-order valence-corrected chi connectivity index (χ0v) is 19.6. The Morgan fingerprint density at radius 2 is 2.03 bits per heavy atom. The van der Waals surface area contributed by atoms with E-state index >= 15 is 0 Å². The number of aromatic nitrogens is 1. The summed E-state index contributed by atoms with van der Waals surface area (Å²) in [6.45, 7) is 14.4. The summed E-state index contributed by atoms with van der Waals surface area (Å²) in [7, 11) is 1.77. The Kier molecular flexibility index (Phi) is 9.70. The van der Waals surface area contributed by atoms with Gasteiger partial charge in [0.25, 0.3) is 0 Å². The van der Waals surface area contributed by atoms with Crippen LogP contribution in [0, 0.1) is 0 Å². The van der Waals surface area contributed by atoms with E-state index in [1.807, 2.05) is 51.1 Å². The van der Waals surface area contributed by atoms with E-state index in [0.29, 0.717) is 5.92 Å². The van der Waals surface area contributed by atoms with Crippen molar-refractivity contribution in [2.75, 3.05) is 25.5 Å². The molecule has 1 fully saturated rings. The maximum absolute atomic E-state index is 4.66. The molecule has 1 aromatic heterocycles. The Labute approximate surface area is 185 Å². The molecule has 0 amide bonds. The molecule has 0 aromatic carbocycles. The maximum Gasteiger partial charge on any atom is 0.154 e. The van der Waals surface area contributed by atoms with Crippen molar-refractivity contribution >= 4 is 28.6 Å². The molecule has 7 heteroatoms. The molecule has 162 valence electrons. The van der Waals surface area contributed by atoms with Crippen molar-refractivity contribution < 1.29 is 0 Å². The summed E-state index contributed by atoms with van der Waals surface area (Å²) >= 11 is 1.48. The smallest absolute Gasteiger partial charge is 0.154 e. The molecule has 0 saturated carbocycles. The van der Waals surface area contributed by atoms with Crippen LogP contribution in [0.2, 0.25) is 0 Å². The maximum atomic E-state index is 4.66. The standard InChI is InChI=1S/C21H28N6S.C2H6/c1-5-16(14-22-4)19(6-2)27-12-11-24-21(15(27)3)25-20-13-18(26-28-20)17-7-9-23-10-8-17;1-2/h5-6,11-14,17,23H,3,7-10H2,1-2,4H3,(H,24,25);1-2H3/b16-5+,19-6-,22-14?;. The van der Waals surface area contributed by atoms with E-state index < -0.39 is 0 Å². The van der Waals surface area contributed by atoms with Gasteiger partial charge in [-0.15, -0.1) is 0 Å². The second-order valence-electron chi connectivity index (χ2n) is 6.66. The van der Waals surface area contributed by atoms with Crippen LogP contribution in [-0.4, -0.2) is 41.5 Å². The quantitative estimate of drug-likeness (QED) is 0.495. The molecule has 6 nitrogen and oxygen atoms in total. The van der Waals surface area contributed by atoms with E-state index in [0.717, 1.165) is 53.7 Å². The molecule has 0 aliphatic carbocycles. The van der Waals surface area contributed by atoms with Crippen molar-refractivity contribution in [2.45, 2.75) is 46.5 Å². The zero-order chi connectivity index (χ0) is 21.9. The van der Waals surface area contributed by atoms with Crippen molar-refractivity contribution in [3.8, 4) is 0 Å². The fourth-order valence-corrected chi connectivity index (χ4v) is 4.15. The van der Waals surface area contributed by atoms with Gasteiger partial charge < -0.3 is 15.5 Å². The molecular formula is C23H34N6S. The summed E-state index contributed by atoms with van der Waals surface area (Å²) in [5.74, 6) is 1.27. The lowest BCUT2D eigenvalue weighted by molar-refractivity contribution is 0.455. The third-order valence-corrected chi connectivity index (χ3v) is 5.64. The highest BCUT2D eigenvalue weighted by Crippen LogP contribution is 2.30. The largest absolute Gasteiger partial charge is 0.329 e. The Hall–Kier alpha value is -2.51. The van der Waals surface area contributed by atoms with E-state index in [-0.39, 0.29) is 0 Å². The molecule has 30 heavy (non-hydrogen) atoms.